The van der Waals surface area contributed by atoms with Gasteiger partial charge in [0.15, 0.2) is 0 Å². The molecule has 64 valence electrons. The van der Waals surface area contributed by atoms with Crippen molar-refractivity contribution in [2.75, 3.05) is 0 Å². The van der Waals surface area contributed by atoms with Crippen LogP contribution in [0.2, 0.25) is 0 Å². The molecule has 0 aliphatic heterocycles. The summed E-state index contributed by atoms with van der Waals surface area (Å²) in [5, 5.41) is 12.3. The van der Waals surface area contributed by atoms with Gasteiger partial charge < -0.3 is 5.21 Å². The third-order valence-corrected chi connectivity index (χ3v) is 1.82. The van der Waals surface area contributed by atoms with Crippen LogP contribution in [0.5, 0.6) is 0 Å². The van der Waals surface area contributed by atoms with E-state index in [1.54, 1.807) is 6.20 Å². The molecule has 0 atom stereocenters. The van der Waals surface area contributed by atoms with Crippen molar-refractivity contribution >= 4 is 17.1 Å². The molecule has 0 spiro atoms. The maximum atomic E-state index is 8.33. The number of hydrogen-bond donors (Lipinski definition) is 1. The Morgan fingerprint density at radius 1 is 1.31 bits per heavy atom. The largest absolute Gasteiger partial charge is 0.411 e. The summed E-state index contributed by atoms with van der Waals surface area (Å²) >= 11 is 0. The van der Waals surface area contributed by atoms with Crippen LogP contribution in [0.1, 0.15) is 5.56 Å². The molecule has 1 heterocycles. The van der Waals surface area contributed by atoms with Crippen LogP contribution >= 0.6 is 0 Å². The van der Waals surface area contributed by atoms with Crippen molar-refractivity contribution in [1.29, 1.82) is 0 Å². The Balaban J connectivity index is 2.62. The van der Waals surface area contributed by atoms with Crippen LogP contribution in [0, 0.1) is 0 Å². The van der Waals surface area contributed by atoms with Crippen LogP contribution < -0.4 is 0 Å². The van der Waals surface area contributed by atoms with Gasteiger partial charge in [0.25, 0.3) is 0 Å². The predicted octanol–water partition coefficient (Wildman–Crippen LogP) is 2.04. The summed E-state index contributed by atoms with van der Waals surface area (Å²) in [6, 6.07) is 9.72. The first kappa shape index (κ1) is 7.73. The minimum atomic E-state index is 0.793. The molecule has 0 aliphatic rings. The van der Waals surface area contributed by atoms with Gasteiger partial charge in [-0.05, 0) is 12.1 Å². The zero-order valence-electron chi connectivity index (χ0n) is 6.88. The highest BCUT2D eigenvalue weighted by Gasteiger charge is 1.93. The molecule has 13 heavy (non-hydrogen) atoms. The second-order valence-electron chi connectivity index (χ2n) is 2.71. The van der Waals surface area contributed by atoms with Gasteiger partial charge in [-0.3, -0.25) is 4.98 Å². The van der Waals surface area contributed by atoms with Gasteiger partial charge in [0.05, 0.1) is 11.7 Å². The lowest BCUT2D eigenvalue weighted by Gasteiger charge is -1.96. The van der Waals surface area contributed by atoms with Crippen LogP contribution in [-0.4, -0.2) is 16.4 Å². The Bertz CT molecular complexity index is 451. The normalized spacial score (nSPS) is 11.1. The van der Waals surface area contributed by atoms with E-state index in [-0.39, 0.29) is 0 Å². The summed E-state index contributed by atoms with van der Waals surface area (Å²) in [4.78, 5) is 4.20. The van der Waals surface area contributed by atoms with Crippen molar-refractivity contribution in [2.45, 2.75) is 0 Å². The summed E-state index contributed by atoms with van der Waals surface area (Å²) in [6.07, 6.45) is 3.03. The van der Waals surface area contributed by atoms with Gasteiger partial charge in [-0.1, -0.05) is 23.4 Å². The second-order valence-corrected chi connectivity index (χ2v) is 2.71. The van der Waals surface area contributed by atoms with Crippen LogP contribution in [0.15, 0.2) is 41.7 Å². The Morgan fingerprint density at radius 2 is 2.15 bits per heavy atom. The molecule has 0 saturated carbocycles. The molecule has 1 aromatic heterocycles. The summed E-state index contributed by atoms with van der Waals surface area (Å²) in [7, 11) is 0. The molecular formula is C10H8N2O. The number of rotatable bonds is 1. The van der Waals surface area contributed by atoms with Gasteiger partial charge in [0.1, 0.15) is 0 Å². The van der Waals surface area contributed by atoms with Gasteiger partial charge >= 0.3 is 0 Å². The molecule has 0 bridgehead atoms. The molecule has 0 unspecified atom stereocenters. The Kier molecular flexibility index (Phi) is 1.92. The molecule has 3 nitrogen and oxygen atoms in total. The fourth-order valence-electron chi connectivity index (χ4n) is 1.23. The van der Waals surface area contributed by atoms with Crippen molar-refractivity contribution in [1.82, 2.24) is 4.98 Å². The minimum absolute atomic E-state index is 0.793. The third-order valence-electron chi connectivity index (χ3n) is 1.82. The van der Waals surface area contributed by atoms with Crippen LogP contribution in [0.4, 0.5) is 0 Å². The van der Waals surface area contributed by atoms with Gasteiger partial charge in [-0.2, -0.15) is 0 Å². The van der Waals surface area contributed by atoms with E-state index in [9.17, 15) is 0 Å². The Hall–Kier alpha value is -1.90. The fourth-order valence-corrected chi connectivity index (χ4v) is 1.23. The van der Waals surface area contributed by atoms with Crippen molar-refractivity contribution in [2.24, 2.45) is 5.16 Å². The van der Waals surface area contributed by atoms with E-state index >= 15 is 0 Å². The number of para-hydroxylation sites is 1. The number of hydrogen-bond acceptors (Lipinski definition) is 3. The molecule has 0 fully saturated rings. The average Bonchev–Trinajstić information content (AvgIpc) is 2.18. The number of oxime groups is 1. The number of fused-ring (bicyclic) bond motifs is 1. The summed E-state index contributed by atoms with van der Waals surface area (Å²) in [5.74, 6) is 0. The van der Waals surface area contributed by atoms with Crippen LogP contribution in [0.3, 0.4) is 0 Å². The number of pyridine rings is 1. The summed E-state index contributed by atoms with van der Waals surface area (Å²) in [5.41, 5.74) is 1.73. The summed E-state index contributed by atoms with van der Waals surface area (Å²) < 4.78 is 0. The molecule has 0 aliphatic carbocycles. The Morgan fingerprint density at radius 3 is 3.00 bits per heavy atom. The number of aromatic nitrogens is 1. The maximum absolute atomic E-state index is 8.33. The highest BCUT2D eigenvalue weighted by molar-refractivity contribution is 5.87. The fraction of sp³-hybridized carbons (Fsp3) is 0. The van der Waals surface area contributed by atoms with Crippen molar-refractivity contribution in [3.8, 4) is 0 Å². The summed E-state index contributed by atoms with van der Waals surface area (Å²) in [6.45, 7) is 0. The first-order valence-electron chi connectivity index (χ1n) is 3.92. The lowest BCUT2D eigenvalue weighted by molar-refractivity contribution is 0.322. The smallest absolute Gasteiger partial charge is 0.0749 e. The molecule has 0 radical (unpaired) electrons. The monoisotopic (exact) mass is 172 g/mol. The van der Waals surface area contributed by atoms with Gasteiger partial charge in [0, 0.05) is 17.1 Å². The maximum Gasteiger partial charge on any atom is 0.0749 e. The van der Waals surface area contributed by atoms with E-state index < -0.39 is 0 Å². The molecule has 2 rings (SSSR count). The molecule has 2 aromatic rings. The third kappa shape index (κ3) is 1.49. The number of nitrogens with zero attached hydrogens (tertiary/aromatic N) is 2. The predicted molar refractivity (Wildman–Crippen MR) is 51.1 cm³/mol. The first-order chi connectivity index (χ1) is 6.40. The minimum Gasteiger partial charge on any atom is -0.411 e. The van der Waals surface area contributed by atoms with Crippen molar-refractivity contribution in [3.63, 3.8) is 0 Å². The van der Waals surface area contributed by atoms with Crippen molar-refractivity contribution < 1.29 is 5.21 Å². The van der Waals surface area contributed by atoms with Gasteiger partial charge in [0.2, 0.25) is 0 Å². The highest BCUT2D eigenvalue weighted by Crippen LogP contribution is 2.11. The molecule has 0 saturated heterocycles. The van der Waals surface area contributed by atoms with E-state index in [0.717, 1.165) is 16.5 Å². The molecule has 1 aromatic carbocycles. The van der Waals surface area contributed by atoms with E-state index in [2.05, 4.69) is 10.1 Å². The number of benzene rings is 1. The average molecular weight is 172 g/mol. The molecule has 1 N–H and O–H groups in total. The van der Waals surface area contributed by atoms with E-state index in [1.165, 1.54) is 6.21 Å². The second kappa shape index (κ2) is 3.23. The van der Waals surface area contributed by atoms with Crippen LogP contribution in [-0.2, 0) is 0 Å². The molecule has 0 amide bonds. The van der Waals surface area contributed by atoms with Gasteiger partial charge in [-0.15, -0.1) is 0 Å². The molecule has 3 heteroatoms. The van der Waals surface area contributed by atoms with Crippen LogP contribution in [0.25, 0.3) is 10.9 Å². The van der Waals surface area contributed by atoms with Crippen molar-refractivity contribution in [3.05, 3.63) is 42.1 Å². The standard InChI is InChI=1S/C10H8N2O/c13-12-7-8-5-9-3-1-2-4-10(9)11-6-8/h1-7,13H/b12-7+. The first-order valence-corrected chi connectivity index (χ1v) is 3.92. The quantitative estimate of drug-likeness (QED) is 0.406. The Labute approximate surface area is 75.3 Å². The lowest BCUT2D eigenvalue weighted by atomic mass is 10.2. The molecular weight excluding hydrogens is 164 g/mol. The lowest BCUT2D eigenvalue weighted by Crippen LogP contribution is -1.84. The zero-order valence-corrected chi connectivity index (χ0v) is 6.88. The van der Waals surface area contributed by atoms with E-state index in [1.807, 2.05) is 30.3 Å². The SMILES string of the molecule is O/N=C/c1cnc2ccccc2c1. The zero-order chi connectivity index (χ0) is 9.10. The topological polar surface area (TPSA) is 45.5 Å². The highest BCUT2D eigenvalue weighted by atomic mass is 16.4. The van der Waals surface area contributed by atoms with E-state index in [4.69, 9.17) is 5.21 Å². The van der Waals surface area contributed by atoms with Gasteiger partial charge in [-0.25, -0.2) is 0 Å². The van der Waals surface area contributed by atoms with E-state index in [0.29, 0.717) is 0 Å².